The number of pyridine rings is 3. The number of hydrogen-bond acceptors (Lipinski definition) is 7. The third kappa shape index (κ3) is 5.72. The Labute approximate surface area is 237 Å². The smallest absolute Gasteiger partial charge is 0.268 e. The molecule has 41 heavy (non-hydrogen) atoms. The number of rotatable bonds is 8. The Morgan fingerprint density at radius 1 is 1.02 bits per heavy atom. The largest absolute Gasteiger partial charge is 0.453 e. The van der Waals surface area contributed by atoms with E-state index < -0.39 is 17.5 Å². The maximum atomic E-state index is 15.1. The van der Waals surface area contributed by atoms with Crippen molar-refractivity contribution in [1.29, 1.82) is 0 Å². The summed E-state index contributed by atoms with van der Waals surface area (Å²) in [4.78, 5) is 35.4. The van der Waals surface area contributed by atoms with E-state index in [1.54, 1.807) is 12.3 Å². The van der Waals surface area contributed by atoms with Crippen molar-refractivity contribution in [3.63, 3.8) is 0 Å². The highest BCUT2D eigenvalue weighted by Crippen LogP contribution is 2.34. The SMILES string of the molecule is CN(C)Cc1cc2ccnc(Nc3ccc(Oc4ccnc(C(N)=O)c4Cl)c(F)c3)c2c(=O)n1-c1ccc(F)cc1. The molecule has 0 spiro atoms. The van der Waals surface area contributed by atoms with E-state index in [0.717, 1.165) is 0 Å². The molecule has 3 heterocycles. The monoisotopic (exact) mass is 576 g/mol. The predicted octanol–water partition coefficient (Wildman–Crippen LogP) is 5.41. The van der Waals surface area contributed by atoms with Gasteiger partial charge >= 0.3 is 0 Å². The molecule has 0 saturated heterocycles. The molecule has 3 aromatic heterocycles. The lowest BCUT2D eigenvalue weighted by atomic mass is 10.1. The maximum absolute atomic E-state index is 15.1. The van der Waals surface area contributed by atoms with Crippen LogP contribution in [0.5, 0.6) is 11.5 Å². The molecule has 9 nitrogen and oxygen atoms in total. The van der Waals surface area contributed by atoms with Crippen LogP contribution in [0.1, 0.15) is 16.2 Å². The number of halogens is 3. The number of amides is 1. The van der Waals surface area contributed by atoms with Crippen LogP contribution in [0.15, 0.2) is 77.9 Å². The van der Waals surface area contributed by atoms with Gasteiger partial charge in [0.05, 0.1) is 5.39 Å². The molecule has 12 heteroatoms. The third-order valence-corrected chi connectivity index (χ3v) is 6.44. The Bertz CT molecular complexity index is 1840. The predicted molar refractivity (Wildman–Crippen MR) is 152 cm³/mol. The molecular formula is C29H23ClF2N6O3. The van der Waals surface area contributed by atoms with Crippen LogP contribution < -0.4 is 21.3 Å². The van der Waals surface area contributed by atoms with Gasteiger partial charge in [0.2, 0.25) is 0 Å². The first-order chi connectivity index (χ1) is 19.6. The number of nitrogens with two attached hydrogens (primary N) is 1. The number of nitrogens with one attached hydrogen (secondary N) is 1. The van der Waals surface area contributed by atoms with Crippen molar-refractivity contribution < 1.29 is 18.3 Å². The minimum Gasteiger partial charge on any atom is -0.453 e. The van der Waals surface area contributed by atoms with Crippen LogP contribution in [-0.2, 0) is 6.54 Å². The first-order valence-corrected chi connectivity index (χ1v) is 12.6. The number of nitrogens with zero attached hydrogens (tertiary/aromatic N) is 4. The third-order valence-electron chi connectivity index (χ3n) is 6.07. The molecule has 0 aliphatic rings. The van der Waals surface area contributed by atoms with Crippen molar-refractivity contribution in [3.05, 3.63) is 111 Å². The maximum Gasteiger partial charge on any atom is 0.268 e. The number of primary amides is 1. The zero-order valence-electron chi connectivity index (χ0n) is 21.9. The summed E-state index contributed by atoms with van der Waals surface area (Å²) in [6.07, 6.45) is 2.81. The number of fused-ring (bicyclic) bond motifs is 1. The average Bonchev–Trinajstić information content (AvgIpc) is 2.91. The van der Waals surface area contributed by atoms with E-state index >= 15 is 4.39 Å². The summed E-state index contributed by atoms with van der Waals surface area (Å²) in [5, 5.41) is 3.76. The van der Waals surface area contributed by atoms with Crippen molar-refractivity contribution in [1.82, 2.24) is 19.4 Å². The molecule has 3 N–H and O–H groups in total. The van der Waals surface area contributed by atoms with Gasteiger partial charge in [0.25, 0.3) is 11.5 Å². The second-order valence-electron chi connectivity index (χ2n) is 9.32. The van der Waals surface area contributed by atoms with Gasteiger partial charge in [-0.3, -0.25) is 14.2 Å². The first kappa shape index (κ1) is 27.7. The molecule has 208 valence electrons. The number of anilines is 2. The normalized spacial score (nSPS) is 11.2. The van der Waals surface area contributed by atoms with Crippen LogP contribution in [0.2, 0.25) is 5.02 Å². The molecule has 2 aromatic carbocycles. The highest BCUT2D eigenvalue weighted by atomic mass is 35.5. The average molecular weight is 577 g/mol. The van der Waals surface area contributed by atoms with Gasteiger partial charge in [-0.25, -0.2) is 18.7 Å². The number of aromatic nitrogens is 3. The van der Waals surface area contributed by atoms with Gasteiger partial charge in [-0.05, 0) is 68.0 Å². The molecule has 0 saturated carbocycles. The second-order valence-corrected chi connectivity index (χ2v) is 9.70. The summed E-state index contributed by atoms with van der Waals surface area (Å²) in [5.41, 5.74) is 6.15. The summed E-state index contributed by atoms with van der Waals surface area (Å²) in [7, 11) is 3.76. The standard InChI is InChI=1S/C29H23ClF2N6O3/c1-37(2)15-20-13-16-9-11-35-28(24(16)29(40)38(20)19-6-3-17(31)4-7-19)36-18-5-8-22(21(32)14-18)41-23-10-12-34-26(25(23)30)27(33)39/h3-14H,15H2,1-2H3,(H2,33,39)(H,35,36). The number of ether oxygens (including phenoxy) is 1. The van der Waals surface area contributed by atoms with E-state index in [1.165, 1.54) is 59.3 Å². The molecule has 0 fully saturated rings. The van der Waals surface area contributed by atoms with Gasteiger partial charge in [0.1, 0.15) is 28.1 Å². The summed E-state index contributed by atoms with van der Waals surface area (Å²) in [6.45, 7) is 0.447. The van der Waals surface area contributed by atoms with E-state index in [-0.39, 0.29) is 39.0 Å². The van der Waals surface area contributed by atoms with Gasteiger partial charge < -0.3 is 20.7 Å². The summed E-state index contributed by atoms with van der Waals surface area (Å²) < 4.78 is 35.8. The number of hydrogen-bond donors (Lipinski definition) is 2. The van der Waals surface area contributed by atoms with Gasteiger partial charge in [-0.1, -0.05) is 11.6 Å². The molecule has 0 atom stereocenters. The molecule has 5 rings (SSSR count). The lowest BCUT2D eigenvalue weighted by Crippen LogP contribution is -2.26. The van der Waals surface area contributed by atoms with Crippen LogP contribution >= 0.6 is 11.6 Å². The van der Waals surface area contributed by atoms with Crippen molar-refractivity contribution >= 4 is 39.8 Å². The van der Waals surface area contributed by atoms with E-state index in [1.807, 2.05) is 25.1 Å². The highest BCUT2D eigenvalue weighted by Gasteiger charge is 2.18. The Hall–Kier alpha value is -4.87. The fourth-order valence-corrected chi connectivity index (χ4v) is 4.55. The van der Waals surface area contributed by atoms with Crippen LogP contribution in [0.4, 0.5) is 20.3 Å². The van der Waals surface area contributed by atoms with Gasteiger partial charge in [0, 0.05) is 48.1 Å². The van der Waals surface area contributed by atoms with Crippen LogP contribution in [-0.4, -0.2) is 39.4 Å². The van der Waals surface area contributed by atoms with Crippen molar-refractivity contribution in [3.8, 4) is 17.2 Å². The van der Waals surface area contributed by atoms with Crippen LogP contribution in [0.25, 0.3) is 16.5 Å². The number of carbonyl (C=O) groups excluding carboxylic acids is 1. The van der Waals surface area contributed by atoms with E-state index in [0.29, 0.717) is 29.0 Å². The zero-order valence-corrected chi connectivity index (χ0v) is 22.6. The van der Waals surface area contributed by atoms with Gasteiger partial charge in [-0.15, -0.1) is 0 Å². The molecular weight excluding hydrogens is 554 g/mol. The fourth-order valence-electron chi connectivity index (χ4n) is 4.31. The highest BCUT2D eigenvalue weighted by molar-refractivity contribution is 6.34. The molecule has 0 radical (unpaired) electrons. The van der Waals surface area contributed by atoms with Crippen molar-refractivity contribution in [2.75, 3.05) is 19.4 Å². The van der Waals surface area contributed by atoms with Gasteiger partial charge in [-0.2, -0.15) is 0 Å². The molecule has 1 amide bonds. The molecule has 0 bridgehead atoms. The van der Waals surface area contributed by atoms with E-state index in [4.69, 9.17) is 22.1 Å². The molecule has 0 unspecified atom stereocenters. The van der Waals surface area contributed by atoms with E-state index in [2.05, 4.69) is 15.3 Å². The lowest BCUT2D eigenvalue weighted by Gasteiger charge is -2.19. The number of benzene rings is 2. The molecule has 5 aromatic rings. The Balaban J connectivity index is 1.53. The van der Waals surface area contributed by atoms with Crippen LogP contribution in [0, 0.1) is 11.6 Å². The first-order valence-electron chi connectivity index (χ1n) is 12.3. The number of carbonyl (C=O) groups is 1. The van der Waals surface area contributed by atoms with Gasteiger partial charge in [0.15, 0.2) is 11.6 Å². The summed E-state index contributed by atoms with van der Waals surface area (Å²) in [5.74, 6) is -1.99. The minimum absolute atomic E-state index is 0.000619. The van der Waals surface area contributed by atoms with Crippen LogP contribution in [0.3, 0.4) is 0 Å². The minimum atomic E-state index is -0.851. The fraction of sp³-hybridized carbons (Fsp3) is 0.103. The Morgan fingerprint density at radius 3 is 2.44 bits per heavy atom. The second kappa shape index (κ2) is 11.3. The molecule has 0 aliphatic heterocycles. The lowest BCUT2D eigenvalue weighted by molar-refractivity contribution is 0.0995. The van der Waals surface area contributed by atoms with Crippen molar-refractivity contribution in [2.24, 2.45) is 5.73 Å². The van der Waals surface area contributed by atoms with Crippen molar-refractivity contribution in [2.45, 2.75) is 6.54 Å². The zero-order chi connectivity index (χ0) is 29.3. The summed E-state index contributed by atoms with van der Waals surface area (Å²) >= 11 is 6.13. The van der Waals surface area contributed by atoms with E-state index in [9.17, 15) is 14.0 Å². The topological polar surface area (TPSA) is 115 Å². The Morgan fingerprint density at radius 2 is 1.76 bits per heavy atom. The Kier molecular flexibility index (Phi) is 7.64. The quantitative estimate of drug-likeness (QED) is 0.254. The summed E-state index contributed by atoms with van der Waals surface area (Å²) in [6, 6.07) is 14.6. The molecule has 0 aliphatic carbocycles.